The summed E-state index contributed by atoms with van der Waals surface area (Å²) in [6, 6.07) is 50.9. The number of fused-ring (bicyclic) bond motifs is 35. The van der Waals surface area contributed by atoms with Crippen LogP contribution in [-0.2, 0) is 46.7 Å². The topological polar surface area (TPSA) is 176 Å². The molecule has 0 spiro atoms. The molecule has 25 heterocycles. The van der Waals surface area contributed by atoms with Gasteiger partial charge in [-0.1, -0.05) is 86.2 Å². The van der Waals surface area contributed by atoms with Crippen molar-refractivity contribution in [3.05, 3.63) is 242 Å². The number of aryl methyl sites for hydroxylation is 2. The SMILES string of the molecule is Cn1c2cccnc2c2sc3[n+](c21)Cc1ncccc1-3.[2H]C([2H])([2H])n1c2cccnc2c2sc3[n+](c21)Cc1ncccc1-3.c1ccc(-n2c3cccnc3c3sc4[n+](c32)Cc2ncccc2-4)cc1.c1cnc2c(c1)-c1sc3c4ncccc4oc3[n+]1C2.c1cnc2c(c1)-c1sc3c4ncccc4sc3[n+]1C2. The van der Waals surface area contributed by atoms with Gasteiger partial charge in [0.1, 0.15) is 69.0 Å². The van der Waals surface area contributed by atoms with E-state index in [1.807, 2.05) is 172 Å². The second-order valence-corrected chi connectivity index (χ2v) is 31.3. The maximum atomic E-state index is 7.96. The van der Waals surface area contributed by atoms with E-state index in [-0.39, 0.29) is 0 Å². The first kappa shape index (κ1) is 56.0. The van der Waals surface area contributed by atoms with E-state index in [1.165, 1.54) is 98.7 Å². The van der Waals surface area contributed by atoms with Gasteiger partial charge in [-0.2, -0.15) is 9.13 Å². The van der Waals surface area contributed by atoms with Gasteiger partial charge in [0, 0.05) is 62.0 Å². The van der Waals surface area contributed by atoms with Crippen molar-refractivity contribution in [1.29, 1.82) is 0 Å². The van der Waals surface area contributed by atoms with Gasteiger partial charge in [0.25, 0.3) is 14.8 Å². The predicted molar refractivity (Wildman–Crippen MR) is 406 cm³/mol. The van der Waals surface area contributed by atoms with Crippen molar-refractivity contribution < 1.29 is 31.4 Å². The molecule has 490 valence electrons. The first-order valence-electron chi connectivity index (χ1n) is 34.7. The summed E-state index contributed by atoms with van der Waals surface area (Å²) in [6.07, 6.45) is 18.4. The summed E-state index contributed by atoms with van der Waals surface area (Å²) in [7, 11) is 2.11. The molecule has 0 saturated heterocycles. The van der Waals surface area contributed by atoms with Crippen molar-refractivity contribution in [2.24, 2.45) is 14.0 Å². The van der Waals surface area contributed by atoms with Gasteiger partial charge in [0.2, 0.25) is 0 Å². The third-order valence-corrected chi connectivity index (χ3v) is 27.0. The number of pyridine rings is 10. The molecule has 0 saturated carbocycles. The summed E-state index contributed by atoms with van der Waals surface area (Å²) in [5.74, 6) is 0. The molecule has 1 aromatic carbocycles. The summed E-state index contributed by atoms with van der Waals surface area (Å²) < 4.78 is 54.3. The van der Waals surface area contributed by atoms with E-state index in [4.69, 9.17) is 8.53 Å². The van der Waals surface area contributed by atoms with Crippen LogP contribution in [0.25, 0.3) is 164 Å². The Morgan fingerprint density at radius 3 is 1.28 bits per heavy atom. The number of para-hydroxylation sites is 1. The van der Waals surface area contributed by atoms with Crippen LogP contribution in [0, 0.1) is 0 Å². The average Bonchev–Trinajstić information content (AvgIpc) is 1.56. The zero-order chi connectivity index (χ0) is 70.2. The third kappa shape index (κ3) is 8.83. The molecular weight excluding hydrogens is 1400 g/mol. The smallest absolute Gasteiger partial charge is 0.395 e. The maximum Gasteiger partial charge on any atom is 0.395 e. The van der Waals surface area contributed by atoms with Crippen LogP contribution >= 0.6 is 68.0 Å². The van der Waals surface area contributed by atoms with Crippen LogP contribution in [0.1, 0.15) is 32.6 Å². The number of thiophene rings is 1. The Hall–Kier alpha value is -11.7. The van der Waals surface area contributed by atoms with Crippen LogP contribution in [-0.4, -0.2) is 63.5 Å². The van der Waals surface area contributed by atoms with Crippen LogP contribution in [0.15, 0.2) is 218 Å². The van der Waals surface area contributed by atoms with Gasteiger partial charge in [0.15, 0.2) is 69.0 Å². The van der Waals surface area contributed by atoms with Gasteiger partial charge in [0.05, 0.1) is 67.7 Å². The maximum absolute atomic E-state index is 7.96. The average molecular weight is 1450 g/mol. The van der Waals surface area contributed by atoms with Crippen LogP contribution < -0.4 is 22.8 Å². The number of benzene rings is 1. The molecule has 21 aromatic rings. The Morgan fingerprint density at radius 1 is 0.340 bits per heavy atom. The van der Waals surface area contributed by atoms with Gasteiger partial charge in [-0.05, 0) is 133 Å². The number of hydrogen-bond donors (Lipinski definition) is 0. The highest BCUT2D eigenvalue weighted by Crippen LogP contribution is 2.45. The van der Waals surface area contributed by atoms with Crippen molar-refractivity contribution >= 4 is 173 Å². The zero-order valence-electron chi connectivity index (χ0n) is 57.2. The number of thiazole rings is 5. The molecule has 5 aliphatic rings. The number of aromatic nitrogens is 18. The number of furan rings is 1. The van der Waals surface area contributed by atoms with Gasteiger partial charge >= 0.3 is 22.7 Å². The summed E-state index contributed by atoms with van der Waals surface area (Å²) in [5, 5.41) is 6.14. The number of rotatable bonds is 1. The quantitative estimate of drug-likeness (QED) is 0.143. The summed E-state index contributed by atoms with van der Waals surface area (Å²) in [4.78, 5) is 46.4. The Bertz CT molecular complexity index is 7100. The fraction of sp³-hybridized carbons (Fsp3) is 0.0897. The lowest BCUT2D eigenvalue weighted by Gasteiger charge is -2.00. The Kier molecular flexibility index (Phi) is 12.4. The normalized spacial score (nSPS) is 13.5. The van der Waals surface area contributed by atoms with Crippen LogP contribution in [0.3, 0.4) is 0 Å². The number of hydrogen-bond acceptors (Lipinski definition) is 17. The molecule has 19 nitrogen and oxygen atoms in total. The van der Waals surface area contributed by atoms with Crippen molar-refractivity contribution in [3.8, 4) is 58.5 Å². The molecule has 25 heteroatoms. The first-order chi connectivity index (χ1) is 52.1. The van der Waals surface area contributed by atoms with Gasteiger partial charge in [-0.3, -0.25) is 49.8 Å². The lowest BCUT2D eigenvalue weighted by atomic mass is 10.2. The minimum absolute atomic E-state index is 0.595. The van der Waals surface area contributed by atoms with Crippen molar-refractivity contribution in [2.45, 2.75) is 32.7 Å². The van der Waals surface area contributed by atoms with Crippen LogP contribution in [0.4, 0.5) is 0 Å². The third-order valence-electron chi connectivity index (χ3n) is 19.6. The number of nitrogens with zero attached hydrogens (tertiary/aromatic N) is 18. The van der Waals surface area contributed by atoms with E-state index >= 15 is 0 Å². The highest BCUT2D eigenvalue weighted by atomic mass is 32.1. The first-order valence-corrected chi connectivity index (χ1v) is 38.1. The molecule has 5 aliphatic heterocycles. The van der Waals surface area contributed by atoms with Gasteiger partial charge < -0.3 is 4.42 Å². The van der Waals surface area contributed by atoms with Crippen LogP contribution in [0.2, 0.25) is 0 Å². The van der Waals surface area contributed by atoms with Gasteiger partial charge in [-0.25, -0.2) is 22.8 Å². The van der Waals surface area contributed by atoms with E-state index in [1.54, 1.807) is 41.1 Å². The van der Waals surface area contributed by atoms with E-state index in [0.717, 1.165) is 113 Å². The molecule has 0 N–H and O–H groups in total. The summed E-state index contributed by atoms with van der Waals surface area (Å²) in [5.41, 5.74) is 25.7. The molecule has 0 atom stereocenters. The van der Waals surface area contributed by atoms with Crippen LogP contribution in [0.5, 0.6) is 0 Å². The largest absolute Gasteiger partial charge is 0.402 e. The van der Waals surface area contributed by atoms with E-state index in [2.05, 4.69) is 157 Å². The molecular formula is C78H51N18OS6+5. The Balaban J connectivity index is 0.0000000830. The van der Waals surface area contributed by atoms with Crippen molar-refractivity contribution in [2.75, 3.05) is 0 Å². The fourth-order valence-corrected chi connectivity index (χ4v) is 22.9. The minimum atomic E-state index is -2.26. The molecule has 20 aromatic heterocycles. The Labute approximate surface area is 611 Å². The zero-order valence-corrected chi connectivity index (χ0v) is 59.0. The standard InChI is InChI=1S/C20H13N4S.2C15H11N4S.C14H8N3OS.C14H8N3S2/c1-2-6-13(7-3-1)24-16-9-5-11-22-17(16)18-19(24)23-12-15-14(20(23)25-18)8-4-10-21-15;2*1-18-11-5-3-7-17-12(11)13-14(18)19-8-10-9(15(19)20-13)4-2-6-16-10;1-3-8-9(15-5-1)7-17-13-12(19-14(8)17)11-10(18-13)4-2-6-16-11;1-3-8-9(15-5-1)7-17-13(8)19-12-11-10(18-14(12)17)4-2-6-16-11/h1-11H,12H2;2*2-7H,8H2,1H3;2*1-6H,7H2/q5*+1/i;1D3;;;. The van der Waals surface area contributed by atoms with Crippen molar-refractivity contribution in [3.63, 3.8) is 0 Å². The minimum Gasteiger partial charge on any atom is -0.402 e. The highest BCUT2D eigenvalue weighted by Gasteiger charge is 2.40. The second kappa shape index (κ2) is 22.9. The molecule has 0 bridgehead atoms. The molecule has 0 radical (unpaired) electrons. The molecule has 0 fully saturated rings. The monoisotopic (exact) mass is 1450 g/mol. The predicted octanol–water partition coefficient (Wildman–Crippen LogP) is 14.9. The fourth-order valence-electron chi connectivity index (χ4n) is 15.1. The molecule has 0 unspecified atom stereocenters. The molecule has 26 rings (SSSR count). The van der Waals surface area contributed by atoms with Crippen molar-refractivity contribution in [1.82, 2.24) is 63.5 Å². The highest BCUT2D eigenvalue weighted by molar-refractivity contribution is 7.32. The van der Waals surface area contributed by atoms with E-state index in [9.17, 15) is 0 Å². The Morgan fingerprint density at radius 2 is 0.728 bits per heavy atom. The summed E-state index contributed by atoms with van der Waals surface area (Å²) >= 11 is 10.6. The summed E-state index contributed by atoms with van der Waals surface area (Å²) in [6.45, 7) is 1.68. The van der Waals surface area contributed by atoms with Gasteiger partial charge in [-0.15, -0.1) is 4.57 Å². The second-order valence-electron chi connectivity index (χ2n) is 25.3. The van der Waals surface area contributed by atoms with E-state index < -0.39 is 6.98 Å². The lowest BCUT2D eigenvalue weighted by molar-refractivity contribution is -0.648. The lowest BCUT2D eigenvalue weighted by Crippen LogP contribution is -2.32. The molecule has 0 amide bonds. The molecule has 103 heavy (non-hydrogen) atoms. The van der Waals surface area contributed by atoms with E-state index in [0.29, 0.717) is 17.7 Å². The molecule has 0 aliphatic carbocycles.